The second-order valence-corrected chi connectivity index (χ2v) is 6.07. The lowest BCUT2D eigenvalue weighted by molar-refractivity contribution is -0.121. The van der Waals surface area contributed by atoms with E-state index in [-0.39, 0.29) is 12.0 Å². The van der Waals surface area contributed by atoms with Crippen LogP contribution >= 0.6 is 0 Å². The average Bonchev–Trinajstić information content (AvgIpc) is 2.74. The van der Waals surface area contributed by atoms with Crippen LogP contribution in [0.15, 0.2) is 36.9 Å². The first-order chi connectivity index (χ1) is 11.2. The lowest BCUT2D eigenvalue weighted by Crippen LogP contribution is -2.36. The van der Waals surface area contributed by atoms with Crippen molar-refractivity contribution in [1.29, 1.82) is 0 Å². The van der Waals surface area contributed by atoms with Crippen molar-refractivity contribution in [3.63, 3.8) is 0 Å². The summed E-state index contributed by atoms with van der Waals surface area (Å²) in [6.45, 7) is 8.82. The summed E-state index contributed by atoms with van der Waals surface area (Å²) in [4.78, 5) is 14.1. The van der Waals surface area contributed by atoms with Gasteiger partial charge in [0.2, 0.25) is 5.91 Å². The largest absolute Gasteiger partial charge is 0.489 e. The molecule has 1 amide bonds. The lowest BCUT2D eigenvalue weighted by Gasteiger charge is -2.23. The molecule has 23 heavy (non-hydrogen) atoms. The van der Waals surface area contributed by atoms with E-state index < -0.39 is 0 Å². The van der Waals surface area contributed by atoms with E-state index in [2.05, 4.69) is 35.9 Å². The third-order valence-electron chi connectivity index (χ3n) is 4.10. The first-order valence-electron chi connectivity index (χ1n) is 8.57. The Balaban J connectivity index is 1.97. The molecule has 4 heteroatoms. The van der Waals surface area contributed by atoms with Crippen molar-refractivity contribution in [2.24, 2.45) is 0 Å². The van der Waals surface area contributed by atoms with Crippen molar-refractivity contribution in [3.8, 4) is 5.75 Å². The number of carbonyl (C=O) groups excluding carboxylic acids is 1. The average molecular weight is 316 g/mol. The number of unbranched alkanes of at least 4 members (excludes halogenated alkanes) is 1. The molecule has 0 saturated heterocycles. The molecule has 0 radical (unpaired) electrons. The number of carbonyl (C=O) groups is 1. The Morgan fingerprint density at radius 2 is 2.30 bits per heavy atom. The number of nitrogens with one attached hydrogen (secondary N) is 1. The molecule has 126 valence electrons. The number of benzene rings is 1. The van der Waals surface area contributed by atoms with Crippen molar-refractivity contribution < 1.29 is 9.53 Å². The number of ether oxygens (including phenoxy) is 1. The van der Waals surface area contributed by atoms with Gasteiger partial charge in [-0.1, -0.05) is 37.6 Å². The van der Waals surface area contributed by atoms with Crippen LogP contribution in [0.1, 0.15) is 38.2 Å². The zero-order chi connectivity index (χ0) is 16.5. The number of amides is 1. The molecule has 1 atom stereocenters. The van der Waals surface area contributed by atoms with Crippen molar-refractivity contribution in [2.45, 2.75) is 45.3 Å². The normalized spacial score (nSPS) is 17.7. The molecule has 2 rings (SSSR count). The van der Waals surface area contributed by atoms with E-state index in [0.717, 1.165) is 31.8 Å². The SMILES string of the molecule is C=CCNC(=O)CCN1Cc2ccccc2O[C@H](CCCC)C1. The van der Waals surface area contributed by atoms with Gasteiger partial charge in [-0.05, 0) is 18.9 Å². The number of rotatable bonds is 8. The van der Waals surface area contributed by atoms with E-state index in [1.807, 2.05) is 12.1 Å². The first kappa shape index (κ1) is 17.5. The van der Waals surface area contributed by atoms with Gasteiger partial charge in [-0.15, -0.1) is 6.58 Å². The van der Waals surface area contributed by atoms with Gasteiger partial charge in [0.1, 0.15) is 11.9 Å². The molecular formula is C19H28N2O2. The molecule has 0 aromatic heterocycles. The van der Waals surface area contributed by atoms with Gasteiger partial charge in [0.05, 0.1) is 0 Å². The fraction of sp³-hybridized carbons (Fsp3) is 0.526. The van der Waals surface area contributed by atoms with E-state index in [0.29, 0.717) is 13.0 Å². The lowest BCUT2D eigenvalue weighted by atomic mass is 10.1. The van der Waals surface area contributed by atoms with Crippen LogP contribution < -0.4 is 10.1 Å². The zero-order valence-electron chi connectivity index (χ0n) is 14.1. The fourth-order valence-corrected chi connectivity index (χ4v) is 2.85. The summed E-state index contributed by atoms with van der Waals surface area (Å²) in [6, 6.07) is 8.23. The molecule has 0 spiro atoms. The van der Waals surface area contributed by atoms with Gasteiger partial charge in [0, 0.05) is 38.2 Å². The van der Waals surface area contributed by atoms with Crippen molar-refractivity contribution in [2.75, 3.05) is 19.6 Å². The molecule has 1 heterocycles. The van der Waals surface area contributed by atoms with Crippen molar-refractivity contribution >= 4 is 5.91 Å². The second kappa shape index (κ2) is 9.36. The topological polar surface area (TPSA) is 41.6 Å². The standard InChI is InChI=1S/C19H28N2O2/c1-3-5-9-17-15-21(13-11-19(22)20-12-4-2)14-16-8-6-7-10-18(16)23-17/h4,6-8,10,17H,2-3,5,9,11-15H2,1H3,(H,20,22)/t17-/m1/s1. The second-order valence-electron chi connectivity index (χ2n) is 6.07. The highest BCUT2D eigenvalue weighted by molar-refractivity contribution is 5.76. The number of hydrogen-bond acceptors (Lipinski definition) is 3. The van der Waals surface area contributed by atoms with Gasteiger partial charge in [0.25, 0.3) is 0 Å². The van der Waals surface area contributed by atoms with Crippen molar-refractivity contribution in [1.82, 2.24) is 10.2 Å². The maximum absolute atomic E-state index is 11.8. The molecule has 0 bridgehead atoms. The van der Waals surface area contributed by atoms with Crippen molar-refractivity contribution in [3.05, 3.63) is 42.5 Å². The molecular weight excluding hydrogens is 288 g/mol. The van der Waals surface area contributed by atoms with E-state index in [9.17, 15) is 4.79 Å². The summed E-state index contributed by atoms with van der Waals surface area (Å²) in [5.74, 6) is 1.07. The number of para-hydroxylation sites is 1. The highest BCUT2D eigenvalue weighted by atomic mass is 16.5. The molecule has 0 saturated carbocycles. The molecule has 4 nitrogen and oxygen atoms in total. The first-order valence-corrected chi connectivity index (χ1v) is 8.57. The maximum Gasteiger partial charge on any atom is 0.221 e. The summed E-state index contributed by atoms with van der Waals surface area (Å²) < 4.78 is 6.21. The maximum atomic E-state index is 11.8. The van der Waals surface area contributed by atoms with E-state index in [1.54, 1.807) is 6.08 Å². The summed E-state index contributed by atoms with van der Waals surface area (Å²) >= 11 is 0. The van der Waals surface area contributed by atoms with Gasteiger partial charge in [-0.2, -0.15) is 0 Å². The minimum absolute atomic E-state index is 0.0773. The minimum atomic E-state index is 0.0773. The van der Waals surface area contributed by atoms with Crippen LogP contribution in [-0.4, -0.2) is 36.5 Å². The number of fused-ring (bicyclic) bond motifs is 1. The Hall–Kier alpha value is -1.81. The number of nitrogens with zero attached hydrogens (tertiary/aromatic N) is 1. The zero-order valence-corrected chi connectivity index (χ0v) is 14.1. The Kier molecular flexibility index (Phi) is 7.14. The predicted molar refractivity (Wildman–Crippen MR) is 93.5 cm³/mol. The fourth-order valence-electron chi connectivity index (χ4n) is 2.85. The van der Waals surface area contributed by atoms with E-state index in [4.69, 9.17) is 4.74 Å². The van der Waals surface area contributed by atoms with Crippen LogP contribution in [0.2, 0.25) is 0 Å². The van der Waals surface area contributed by atoms with Crippen LogP contribution in [0.25, 0.3) is 0 Å². The van der Waals surface area contributed by atoms with E-state index in [1.165, 1.54) is 18.4 Å². The summed E-state index contributed by atoms with van der Waals surface area (Å²) in [7, 11) is 0. The van der Waals surface area contributed by atoms with Crippen LogP contribution in [0.3, 0.4) is 0 Å². The Bertz CT molecular complexity index is 516. The van der Waals surface area contributed by atoms with Crippen LogP contribution in [0, 0.1) is 0 Å². The summed E-state index contributed by atoms with van der Waals surface area (Å²) in [6.07, 6.45) is 5.82. The van der Waals surface area contributed by atoms with Crippen LogP contribution in [0.4, 0.5) is 0 Å². The monoisotopic (exact) mass is 316 g/mol. The van der Waals surface area contributed by atoms with Gasteiger partial charge >= 0.3 is 0 Å². The van der Waals surface area contributed by atoms with Gasteiger partial charge in [-0.25, -0.2) is 0 Å². The summed E-state index contributed by atoms with van der Waals surface area (Å²) in [5.41, 5.74) is 1.21. The highest BCUT2D eigenvalue weighted by Crippen LogP contribution is 2.26. The molecule has 1 aromatic carbocycles. The third kappa shape index (κ3) is 5.71. The van der Waals surface area contributed by atoms with Crippen LogP contribution in [-0.2, 0) is 11.3 Å². The Labute approximate surface area is 139 Å². The molecule has 0 unspecified atom stereocenters. The molecule has 1 aliphatic rings. The predicted octanol–water partition coefficient (Wildman–Crippen LogP) is 3.13. The Morgan fingerprint density at radius 3 is 3.09 bits per heavy atom. The minimum Gasteiger partial charge on any atom is -0.489 e. The quantitative estimate of drug-likeness (QED) is 0.749. The Morgan fingerprint density at radius 1 is 1.48 bits per heavy atom. The van der Waals surface area contributed by atoms with Gasteiger partial charge < -0.3 is 10.1 Å². The molecule has 1 N–H and O–H groups in total. The summed E-state index contributed by atoms with van der Waals surface area (Å²) in [5, 5.41) is 2.84. The van der Waals surface area contributed by atoms with Gasteiger partial charge in [0.15, 0.2) is 0 Å². The molecule has 1 aliphatic heterocycles. The molecule has 0 aliphatic carbocycles. The van der Waals surface area contributed by atoms with Gasteiger partial charge in [-0.3, -0.25) is 9.69 Å². The molecule has 1 aromatic rings. The van der Waals surface area contributed by atoms with Crippen LogP contribution in [0.5, 0.6) is 5.75 Å². The highest BCUT2D eigenvalue weighted by Gasteiger charge is 2.22. The number of hydrogen-bond donors (Lipinski definition) is 1. The smallest absolute Gasteiger partial charge is 0.221 e. The third-order valence-corrected chi connectivity index (χ3v) is 4.10. The van der Waals surface area contributed by atoms with E-state index >= 15 is 0 Å². The molecule has 0 fully saturated rings.